The van der Waals surface area contributed by atoms with Gasteiger partial charge < -0.3 is 10.4 Å². The van der Waals surface area contributed by atoms with Crippen LogP contribution in [0.5, 0.6) is 0 Å². The van der Waals surface area contributed by atoms with E-state index in [-0.39, 0.29) is 6.10 Å². The molecule has 0 aromatic heterocycles. The molecule has 2 heteroatoms. The number of fused-ring (bicyclic) bond motifs is 1. The zero-order valence-corrected chi connectivity index (χ0v) is 10.2. The first-order valence-electron chi connectivity index (χ1n) is 6.82. The first-order chi connectivity index (χ1) is 8.33. The third-order valence-corrected chi connectivity index (χ3v) is 4.30. The van der Waals surface area contributed by atoms with Gasteiger partial charge in [-0.15, -0.1) is 0 Å². The molecule has 1 fully saturated rings. The van der Waals surface area contributed by atoms with Crippen LogP contribution in [0.3, 0.4) is 0 Å². The van der Waals surface area contributed by atoms with E-state index in [1.165, 1.54) is 30.4 Å². The van der Waals surface area contributed by atoms with Gasteiger partial charge in [0.25, 0.3) is 0 Å². The first kappa shape index (κ1) is 11.2. The van der Waals surface area contributed by atoms with Crippen molar-refractivity contribution in [2.75, 3.05) is 6.54 Å². The van der Waals surface area contributed by atoms with Gasteiger partial charge in [0.1, 0.15) is 0 Å². The maximum Gasteiger partial charge on any atom is 0.0543 e. The Morgan fingerprint density at radius 3 is 2.88 bits per heavy atom. The maximum absolute atomic E-state index is 9.52. The van der Waals surface area contributed by atoms with Crippen molar-refractivity contribution in [2.45, 2.75) is 44.2 Å². The van der Waals surface area contributed by atoms with E-state index in [1.54, 1.807) is 0 Å². The van der Waals surface area contributed by atoms with Crippen molar-refractivity contribution >= 4 is 0 Å². The van der Waals surface area contributed by atoms with Gasteiger partial charge in [-0.1, -0.05) is 24.3 Å². The standard InChI is InChI=1S/C15H21NO/c17-13-7-5-11(9-13)10-16-15-8-6-12-3-1-2-4-14(12)15/h1-4,11,13,15-17H,5-10H2. The molecule has 1 saturated carbocycles. The molecule has 0 aliphatic heterocycles. The molecule has 3 rings (SSSR count). The highest BCUT2D eigenvalue weighted by Crippen LogP contribution is 2.32. The lowest BCUT2D eigenvalue weighted by atomic mass is 10.1. The molecule has 1 aromatic rings. The number of rotatable bonds is 3. The van der Waals surface area contributed by atoms with Gasteiger partial charge >= 0.3 is 0 Å². The molecule has 0 spiro atoms. The minimum atomic E-state index is -0.0438. The fourth-order valence-corrected chi connectivity index (χ4v) is 3.31. The van der Waals surface area contributed by atoms with Gasteiger partial charge in [0.05, 0.1) is 6.10 Å². The Kier molecular flexibility index (Phi) is 3.17. The Morgan fingerprint density at radius 2 is 2.06 bits per heavy atom. The molecule has 0 bridgehead atoms. The zero-order valence-electron chi connectivity index (χ0n) is 10.2. The SMILES string of the molecule is OC1CCC(CNC2CCc3ccccc32)C1. The van der Waals surface area contributed by atoms with Crippen molar-refractivity contribution in [2.24, 2.45) is 5.92 Å². The monoisotopic (exact) mass is 231 g/mol. The van der Waals surface area contributed by atoms with Gasteiger partial charge in [0, 0.05) is 6.04 Å². The zero-order chi connectivity index (χ0) is 11.7. The minimum Gasteiger partial charge on any atom is -0.393 e. The summed E-state index contributed by atoms with van der Waals surface area (Å²) in [6.07, 6.45) is 5.56. The molecular weight excluding hydrogens is 210 g/mol. The van der Waals surface area contributed by atoms with Crippen LogP contribution in [0.25, 0.3) is 0 Å². The molecule has 2 aliphatic rings. The maximum atomic E-state index is 9.52. The Labute approximate surface area is 103 Å². The van der Waals surface area contributed by atoms with E-state index < -0.39 is 0 Å². The van der Waals surface area contributed by atoms with Crippen LogP contribution in [0.15, 0.2) is 24.3 Å². The van der Waals surface area contributed by atoms with Gasteiger partial charge in [-0.05, 0) is 55.7 Å². The van der Waals surface area contributed by atoms with Crippen LogP contribution in [0.1, 0.15) is 42.9 Å². The number of hydrogen-bond donors (Lipinski definition) is 2. The highest BCUT2D eigenvalue weighted by Gasteiger charge is 2.25. The van der Waals surface area contributed by atoms with E-state index in [4.69, 9.17) is 0 Å². The molecule has 0 amide bonds. The van der Waals surface area contributed by atoms with E-state index in [2.05, 4.69) is 29.6 Å². The van der Waals surface area contributed by atoms with Crippen molar-refractivity contribution in [1.82, 2.24) is 5.32 Å². The van der Waals surface area contributed by atoms with Crippen LogP contribution in [0.2, 0.25) is 0 Å². The first-order valence-corrected chi connectivity index (χ1v) is 6.82. The predicted octanol–water partition coefficient (Wildman–Crippen LogP) is 2.42. The minimum absolute atomic E-state index is 0.0438. The second-order valence-electron chi connectivity index (χ2n) is 5.53. The Bertz CT molecular complexity index is 390. The van der Waals surface area contributed by atoms with Gasteiger partial charge in [0.15, 0.2) is 0 Å². The average Bonchev–Trinajstić information content (AvgIpc) is 2.93. The van der Waals surface area contributed by atoms with Gasteiger partial charge in [0.2, 0.25) is 0 Å². The van der Waals surface area contributed by atoms with Crippen molar-refractivity contribution in [1.29, 1.82) is 0 Å². The van der Waals surface area contributed by atoms with Crippen molar-refractivity contribution in [3.05, 3.63) is 35.4 Å². The number of aliphatic hydroxyl groups is 1. The van der Waals surface area contributed by atoms with Crippen LogP contribution in [-0.2, 0) is 6.42 Å². The Hall–Kier alpha value is -0.860. The lowest BCUT2D eigenvalue weighted by Gasteiger charge is -2.17. The lowest BCUT2D eigenvalue weighted by molar-refractivity contribution is 0.177. The predicted molar refractivity (Wildman–Crippen MR) is 68.9 cm³/mol. The molecule has 0 heterocycles. The number of hydrogen-bond acceptors (Lipinski definition) is 2. The second-order valence-corrected chi connectivity index (χ2v) is 5.53. The summed E-state index contributed by atoms with van der Waals surface area (Å²) in [5.41, 5.74) is 3.00. The molecule has 3 atom stereocenters. The normalized spacial score (nSPS) is 31.7. The summed E-state index contributed by atoms with van der Waals surface area (Å²) in [6, 6.07) is 9.32. The molecular formula is C15H21NO. The van der Waals surface area contributed by atoms with E-state index in [1.807, 2.05) is 0 Å². The Balaban J connectivity index is 1.57. The largest absolute Gasteiger partial charge is 0.393 e. The highest BCUT2D eigenvalue weighted by molar-refractivity contribution is 5.34. The summed E-state index contributed by atoms with van der Waals surface area (Å²) in [7, 11) is 0. The summed E-state index contributed by atoms with van der Waals surface area (Å²) >= 11 is 0. The fraction of sp³-hybridized carbons (Fsp3) is 0.600. The highest BCUT2D eigenvalue weighted by atomic mass is 16.3. The summed E-state index contributed by atoms with van der Waals surface area (Å²) in [5, 5.41) is 13.2. The van der Waals surface area contributed by atoms with Crippen molar-refractivity contribution in [3.63, 3.8) is 0 Å². The van der Waals surface area contributed by atoms with Crippen LogP contribution in [0.4, 0.5) is 0 Å². The molecule has 2 nitrogen and oxygen atoms in total. The average molecular weight is 231 g/mol. The number of aryl methyl sites for hydroxylation is 1. The topological polar surface area (TPSA) is 32.3 Å². The molecule has 1 aromatic carbocycles. The van der Waals surface area contributed by atoms with Crippen molar-refractivity contribution in [3.8, 4) is 0 Å². The quantitative estimate of drug-likeness (QED) is 0.837. The lowest BCUT2D eigenvalue weighted by Crippen LogP contribution is -2.25. The van der Waals surface area contributed by atoms with Crippen LogP contribution >= 0.6 is 0 Å². The van der Waals surface area contributed by atoms with Crippen molar-refractivity contribution < 1.29 is 5.11 Å². The molecule has 0 saturated heterocycles. The van der Waals surface area contributed by atoms with E-state index in [0.717, 1.165) is 19.4 Å². The van der Waals surface area contributed by atoms with Crippen LogP contribution in [0, 0.1) is 5.92 Å². The summed E-state index contributed by atoms with van der Waals surface area (Å²) in [4.78, 5) is 0. The van der Waals surface area contributed by atoms with Crippen LogP contribution < -0.4 is 5.32 Å². The second kappa shape index (κ2) is 4.79. The van der Waals surface area contributed by atoms with E-state index in [9.17, 15) is 5.11 Å². The van der Waals surface area contributed by atoms with E-state index >= 15 is 0 Å². The number of benzene rings is 1. The van der Waals surface area contributed by atoms with Crippen LogP contribution in [-0.4, -0.2) is 17.8 Å². The smallest absolute Gasteiger partial charge is 0.0543 e. The molecule has 3 unspecified atom stereocenters. The van der Waals surface area contributed by atoms with Gasteiger partial charge in [-0.2, -0.15) is 0 Å². The third-order valence-electron chi connectivity index (χ3n) is 4.30. The Morgan fingerprint density at radius 1 is 1.18 bits per heavy atom. The summed E-state index contributed by atoms with van der Waals surface area (Å²) in [6.45, 7) is 1.07. The van der Waals surface area contributed by atoms with E-state index in [0.29, 0.717) is 12.0 Å². The molecule has 2 N–H and O–H groups in total. The third kappa shape index (κ3) is 2.38. The van der Waals surface area contributed by atoms with Gasteiger partial charge in [-0.25, -0.2) is 0 Å². The molecule has 17 heavy (non-hydrogen) atoms. The summed E-state index contributed by atoms with van der Waals surface area (Å²) in [5.74, 6) is 0.678. The molecule has 2 aliphatic carbocycles. The fourth-order valence-electron chi connectivity index (χ4n) is 3.31. The number of aliphatic hydroxyl groups excluding tert-OH is 1. The number of nitrogens with one attached hydrogen (secondary N) is 1. The van der Waals surface area contributed by atoms with Gasteiger partial charge in [-0.3, -0.25) is 0 Å². The molecule has 0 radical (unpaired) electrons. The summed E-state index contributed by atoms with van der Waals surface area (Å²) < 4.78 is 0. The molecule has 92 valence electrons.